The van der Waals surface area contributed by atoms with Crippen molar-refractivity contribution in [1.82, 2.24) is 14.4 Å². The van der Waals surface area contributed by atoms with Crippen LogP contribution in [0.3, 0.4) is 0 Å². The molecule has 1 saturated heterocycles. The van der Waals surface area contributed by atoms with Crippen LogP contribution in [-0.4, -0.2) is 92.9 Å². The first-order valence-electron chi connectivity index (χ1n) is 17.1. The predicted octanol–water partition coefficient (Wildman–Crippen LogP) is 5.87. The minimum atomic E-state index is -0.199. The molecule has 0 spiro atoms. The van der Waals surface area contributed by atoms with Crippen LogP contribution < -0.4 is 14.8 Å². The van der Waals surface area contributed by atoms with Crippen LogP contribution in [0.15, 0.2) is 65.1 Å². The first-order chi connectivity index (χ1) is 22.9. The number of ether oxygens (including phenoxy) is 1. The minimum absolute atomic E-state index is 0.0440. The second kappa shape index (κ2) is 16.3. The highest BCUT2D eigenvalue weighted by molar-refractivity contribution is 7.80. The number of hydrogen-bond donors (Lipinski definition) is 1. The van der Waals surface area contributed by atoms with E-state index in [2.05, 4.69) is 97.2 Å². The number of amides is 1. The van der Waals surface area contributed by atoms with E-state index in [1.54, 1.807) is 0 Å². The summed E-state index contributed by atoms with van der Waals surface area (Å²) in [5.41, 5.74) is 5.55. The summed E-state index contributed by atoms with van der Waals surface area (Å²) in [5.74, 6) is 1.15. The Morgan fingerprint density at radius 3 is 2.36 bits per heavy atom. The van der Waals surface area contributed by atoms with Gasteiger partial charge in [-0.25, -0.2) is 4.58 Å². The molecule has 47 heavy (non-hydrogen) atoms. The van der Waals surface area contributed by atoms with E-state index in [1.807, 2.05) is 23.1 Å². The Hall–Kier alpha value is -3.82. The number of carbonyl (C=O) groups is 2. The highest BCUT2D eigenvalue weighted by Crippen LogP contribution is 2.42. The number of nitrogens with zero attached hydrogens (tertiary/aromatic N) is 4. The molecule has 0 atom stereocenters. The number of piperazine rings is 1. The van der Waals surface area contributed by atoms with Gasteiger partial charge in [-0.15, -0.1) is 0 Å². The topological polar surface area (TPSA) is 69.2 Å². The van der Waals surface area contributed by atoms with E-state index < -0.39 is 0 Å². The number of esters is 1. The van der Waals surface area contributed by atoms with E-state index in [0.717, 1.165) is 96.7 Å². The molecule has 3 aliphatic rings. The van der Waals surface area contributed by atoms with Gasteiger partial charge < -0.3 is 19.0 Å². The van der Waals surface area contributed by atoms with Crippen molar-refractivity contribution in [2.45, 2.75) is 40.5 Å². The van der Waals surface area contributed by atoms with Crippen LogP contribution in [-0.2, 0) is 9.53 Å². The molecule has 1 fully saturated rings. The number of fused-ring (bicyclic) bond motifs is 2. The molecule has 0 bridgehead atoms. The van der Waals surface area contributed by atoms with Crippen LogP contribution >= 0.6 is 12.6 Å². The summed E-state index contributed by atoms with van der Waals surface area (Å²) in [6, 6.07) is 20.9. The van der Waals surface area contributed by atoms with Gasteiger partial charge in [0.15, 0.2) is 0 Å². The number of benzene rings is 3. The monoisotopic (exact) mass is 657 g/mol. The van der Waals surface area contributed by atoms with Gasteiger partial charge in [0, 0.05) is 91.5 Å². The number of thiol groups is 1. The fourth-order valence-electron chi connectivity index (χ4n) is 6.60. The molecule has 1 amide bonds. The maximum Gasteiger partial charge on any atom is 0.306 e. The lowest BCUT2D eigenvalue weighted by Gasteiger charge is -2.35. The summed E-state index contributed by atoms with van der Waals surface area (Å²) < 4.78 is 14.3. The average molecular weight is 658 g/mol. The zero-order valence-electron chi connectivity index (χ0n) is 28.3. The molecule has 2 aromatic carbocycles. The summed E-state index contributed by atoms with van der Waals surface area (Å²) in [4.78, 5) is 32.5. The van der Waals surface area contributed by atoms with Crippen LogP contribution in [0.1, 0.15) is 50.9 Å². The lowest BCUT2D eigenvalue weighted by Crippen LogP contribution is -2.49. The van der Waals surface area contributed by atoms with Crippen molar-refractivity contribution in [3.05, 3.63) is 71.6 Å². The molecule has 9 heteroatoms. The van der Waals surface area contributed by atoms with Crippen molar-refractivity contribution < 1.29 is 18.7 Å². The third-order valence-electron chi connectivity index (χ3n) is 9.23. The first-order valence-corrected chi connectivity index (χ1v) is 17.8. The van der Waals surface area contributed by atoms with Gasteiger partial charge in [-0.2, -0.15) is 12.6 Å². The van der Waals surface area contributed by atoms with Gasteiger partial charge in [-0.3, -0.25) is 14.5 Å². The summed E-state index contributed by atoms with van der Waals surface area (Å²) >= 11 is 4.08. The third-order valence-corrected chi connectivity index (χ3v) is 9.45. The molecule has 1 aliphatic carbocycles. The van der Waals surface area contributed by atoms with E-state index in [9.17, 15) is 9.59 Å². The number of rotatable bonds is 13. The molecular weight excluding hydrogens is 609 g/mol. The predicted molar refractivity (Wildman–Crippen MR) is 195 cm³/mol. The molecule has 0 N–H and O–H groups in total. The van der Waals surface area contributed by atoms with Crippen molar-refractivity contribution in [2.75, 3.05) is 76.2 Å². The van der Waals surface area contributed by atoms with E-state index >= 15 is 0 Å². The Labute approximate surface area is 284 Å². The molecule has 2 heterocycles. The van der Waals surface area contributed by atoms with Gasteiger partial charge in [0.25, 0.3) is 5.91 Å². The molecule has 0 radical (unpaired) electrons. The van der Waals surface area contributed by atoms with Crippen molar-refractivity contribution >= 4 is 41.2 Å². The standard InChI is InChI=1S/C38H48N4O4S/c1-5-40(6-2)28-14-16-32-34(26-28)46-35-27-29(41(7-3)8-4)15-17-33(35)37(32)30-12-9-10-13-31(30)38(44)42-22-20-39(21-23-42)19-11-24-45-36(43)18-25-47/h9-10,12-17,26-27H,5-8,11,18-25H2,1-4H3/p+1. The lowest BCUT2D eigenvalue weighted by molar-refractivity contribution is -0.143. The number of hydrogen-bond acceptors (Lipinski definition) is 7. The lowest BCUT2D eigenvalue weighted by atomic mass is 9.90. The Morgan fingerprint density at radius 2 is 1.66 bits per heavy atom. The van der Waals surface area contributed by atoms with Crippen LogP contribution in [0.25, 0.3) is 33.4 Å². The molecule has 2 aliphatic heterocycles. The van der Waals surface area contributed by atoms with Gasteiger partial charge in [-0.1, -0.05) is 18.2 Å². The number of anilines is 1. The van der Waals surface area contributed by atoms with Crippen LogP contribution in [0.4, 0.5) is 5.69 Å². The Balaban J connectivity index is 1.48. The maximum atomic E-state index is 14.2. The second-order valence-corrected chi connectivity index (χ2v) is 12.4. The zero-order valence-corrected chi connectivity index (χ0v) is 29.2. The van der Waals surface area contributed by atoms with Gasteiger partial charge in [0.2, 0.25) is 5.36 Å². The Kier molecular flexibility index (Phi) is 12.0. The minimum Gasteiger partial charge on any atom is -0.466 e. The number of carbonyl (C=O) groups excluding carboxylic acids is 2. The first kappa shape index (κ1) is 34.5. The molecule has 5 rings (SSSR count). The van der Waals surface area contributed by atoms with Crippen LogP contribution in [0.5, 0.6) is 0 Å². The maximum absolute atomic E-state index is 14.2. The van der Waals surface area contributed by atoms with Gasteiger partial charge >= 0.3 is 5.97 Å². The molecule has 0 saturated carbocycles. The van der Waals surface area contributed by atoms with Gasteiger partial charge in [0.05, 0.1) is 19.1 Å². The second-order valence-electron chi connectivity index (χ2n) is 11.9. The quantitative estimate of drug-likeness (QED) is 0.0638. The smallest absolute Gasteiger partial charge is 0.306 e. The van der Waals surface area contributed by atoms with Crippen molar-refractivity contribution in [2.24, 2.45) is 0 Å². The summed E-state index contributed by atoms with van der Waals surface area (Å²) in [6.07, 6.45) is 1.11. The van der Waals surface area contributed by atoms with E-state index in [4.69, 9.17) is 9.15 Å². The third kappa shape index (κ3) is 7.84. The Bertz CT molecular complexity index is 1720. The van der Waals surface area contributed by atoms with Gasteiger partial charge in [-0.05, 0) is 63.9 Å². The molecule has 250 valence electrons. The Morgan fingerprint density at radius 1 is 0.915 bits per heavy atom. The molecule has 2 aromatic rings. The van der Waals surface area contributed by atoms with Crippen molar-refractivity contribution in [3.63, 3.8) is 0 Å². The van der Waals surface area contributed by atoms with E-state index in [-0.39, 0.29) is 11.9 Å². The molecule has 0 unspecified atom stereocenters. The fraction of sp³-hybridized carbons (Fsp3) is 0.447. The fourth-order valence-corrected chi connectivity index (χ4v) is 6.78. The largest absolute Gasteiger partial charge is 0.466 e. The highest BCUT2D eigenvalue weighted by Gasteiger charge is 2.27. The molecule has 0 aromatic heterocycles. The van der Waals surface area contributed by atoms with E-state index in [1.165, 1.54) is 0 Å². The average Bonchev–Trinajstić information content (AvgIpc) is 3.10. The SMILES string of the molecule is CCN(CC)c1ccc2c(-c3ccccc3C(=O)N3CCN(CCCOC(=O)CCS)CC3)c3ccc(=[N+](CC)CC)cc-3oc2c1. The summed E-state index contributed by atoms with van der Waals surface area (Å²) in [7, 11) is 0. The summed E-state index contributed by atoms with van der Waals surface area (Å²) in [5, 5.41) is 2.11. The van der Waals surface area contributed by atoms with E-state index in [0.29, 0.717) is 37.4 Å². The van der Waals surface area contributed by atoms with Crippen molar-refractivity contribution in [1.29, 1.82) is 0 Å². The molecular formula is C38H49N4O4S+. The molecule has 8 nitrogen and oxygen atoms in total. The highest BCUT2D eigenvalue weighted by atomic mass is 32.1. The van der Waals surface area contributed by atoms with Crippen LogP contribution in [0.2, 0.25) is 0 Å². The summed E-state index contributed by atoms with van der Waals surface area (Å²) in [6.45, 7) is 16.4. The van der Waals surface area contributed by atoms with Crippen molar-refractivity contribution in [3.8, 4) is 22.5 Å². The normalized spacial score (nSPS) is 13.7. The van der Waals surface area contributed by atoms with Gasteiger partial charge in [0.1, 0.15) is 24.4 Å². The zero-order chi connectivity index (χ0) is 33.3. The van der Waals surface area contributed by atoms with Crippen LogP contribution in [0, 0.1) is 0 Å².